The van der Waals surface area contributed by atoms with E-state index >= 15 is 0 Å². The molecule has 62 valence electrons. The summed E-state index contributed by atoms with van der Waals surface area (Å²) in [4.78, 5) is 0. The molecular formula is C10H15Br. The lowest BCUT2D eigenvalue weighted by Crippen LogP contribution is -2.51. The zero-order valence-electron chi connectivity index (χ0n) is 6.85. The molecule has 0 spiro atoms. The monoisotopic (exact) mass is 214 g/mol. The first-order valence-electron chi connectivity index (χ1n) is 4.97. The Bertz CT molecular complexity index is 189. The second kappa shape index (κ2) is 2.04. The molecule has 0 saturated heterocycles. The van der Waals surface area contributed by atoms with Crippen LogP contribution in [0.15, 0.2) is 0 Å². The van der Waals surface area contributed by atoms with Gasteiger partial charge in [0, 0.05) is 4.32 Å². The van der Waals surface area contributed by atoms with E-state index in [4.69, 9.17) is 0 Å². The van der Waals surface area contributed by atoms with E-state index < -0.39 is 0 Å². The van der Waals surface area contributed by atoms with Gasteiger partial charge in [-0.05, 0) is 56.3 Å². The van der Waals surface area contributed by atoms with E-state index in [0.717, 1.165) is 17.8 Å². The van der Waals surface area contributed by atoms with Crippen molar-refractivity contribution in [2.45, 2.75) is 42.8 Å². The highest BCUT2D eigenvalue weighted by Crippen LogP contribution is 2.61. The Morgan fingerprint density at radius 3 is 2.55 bits per heavy atom. The van der Waals surface area contributed by atoms with Crippen LogP contribution in [0.4, 0.5) is 0 Å². The maximum atomic E-state index is 3.99. The maximum absolute atomic E-state index is 3.99. The molecule has 0 N–H and O–H groups in total. The van der Waals surface area contributed by atoms with Gasteiger partial charge in [0.25, 0.3) is 0 Å². The van der Waals surface area contributed by atoms with Crippen molar-refractivity contribution in [1.82, 2.24) is 0 Å². The molecule has 4 atom stereocenters. The fourth-order valence-corrected chi connectivity index (χ4v) is 4.81. The van der Waals surface area contributed by atoms with Crippen molar-refractivity contribution in [1.29, 1.82) is 0 Å². The number of fused-ring (bicyclic) bond motifs is 2. The molecular weight excluding hydrogens is 200 g/mol. The van der Waals surface area contributed by atoms with Crippen molar-refractivity contribution >= 4 is 15.9 Å². The molecule has 0 aromatic heterocycles. The first-order valence-corrected chi connectivity index (χ1v) is 5.76. The van der Waals surface area contributed by atoms with Crippen LogP contribution < -0.4 is 0 Å². The normalized spacial score (nSPS) is 60.3. The summed E-state index contributed by atoms with van der Waals surface area (Å²) in [7, 11) is 0. The molecule has 0 heterocycles. The average molecular weight is 215 g/mol. The van der Waals surface area contributed by atoms with E-state index in [0.29, 0.717) is 4.32 Å². The van der Waals surface area contributed by atoms with Crippen LogP contribution in [0.3, 0.4) is 0 Å². The molecule has 0 nitrogen and oxygen atoms in total. The third-order valence-corrected chi connectivity index (χ3v) is 5.77. The molecule has 5 aliphatic rings. The lowest BCUT2D eigenvalue weighted by molar-refractivity contribution is 0.00817. The van der Waals surface area contributed by atoms with E-state index in [2.05, 4.69) is 15.9 Å². The topological polar surface area (TPSA) is 0 Å². The third kappa shape index (κ3) is 0.811. The predicted octanol–water partition coefficient (Wildman–Crippen LogP) is 3.35. The Balaban J connectivity index is 1.99. The van der Waals surface area contributed by atoms with Gasteiger partial charge in [0.2, 0.25) is 0 Å². The van der Waals surface area contributed by atoms with Crippen LogP contribution in [0, 0.1) is 17.8 Å². The van der Waals surface area contributed by atoms with Crippen LogP contribution in [0.2, 0.25) is 0 Å². The van der Waals surface area contributed by atoms with E-state index in [9.17, 15) is 0 Å². The van der Waals surface area contributed by atoms with E-state index in [1.807, 2.05) is 0 Å². The van der Waals surface area contributed by atoms with E-state index in [1.54, 1.807) is 12.8 Å². The van der Waals surface area contributed by atoms with Crippen molar-refractivity contribution in [3.05, 3.63) is 0 Å². The molecule has 5 saturated carbocycles. The SMILES string of the molecule is BrC12CCC3CC1CCC3C2. The standard InChI is InChI=1S/C10H15Br/c11-10-4-3-7-5-9(10)2-1-8(7)6-10/h7-9H,1-6H2. The molecule has 1 heteroatoms. The highest BCUT2D eigenvalue weighted by Gasteiger charge is 2.53. The van der Waals surface area contributed by atoms with Crippen LogP contribution >= 0.6 is 15.9 Å². The molecule has 4 unspecified atom stereocenters. The van der Waals surface area contributed by atoms with Gasteiger partial charge in [0.1, 0.15) is 0 Å². The van der Waals surface area contributed by atoms with Gasteiger partial charge < -0.3 is 0 Å². The third-order valence-electron chi connectivity index (χ3n) is 4.40. The number of hydrogen-bond acceptors (Lipinski definition) is 0. The van der Waals surface area contributed by atoms with Gasteiger partial charge in [0.05, 0.1) is 0 Å². The van der Waals surface area contributed by atoms with Gasteiger partial charge in [-0.15, -0.1) is 0 Å². The summed E-state index contributed by atoms with van der Waals surface area (Å²) >= 11 is 3.99. The summed E-state index contributed by atoms with van der Waals surface area (Å²) in [5.74, 6) is 3.28. The molecule has 0 radical (unpaired) electrons. The quantitative estimate of drug-likeness (QED) is 0.543. The maximum Gasteiger partial charge on any atom is 0.0289 e. The van der Waals surface area contributed by atoms with Crippen molar-refractivity contribution < 1.29 is 0 Å². The summed E-state index contributed by atoms with van der Waals surface area (Å²) in [6.45, 7) is 0. The summed E-state index contributed by atoms with van der Waals surface area (Å²) < 4.78 is 0.616. The smallest absolute Gasteiger partial charge is 0.0289 e. The fraction of sp³-hybridized carbons (Fsp3) is 1.00. The second-order valence-corrected chi connectivity index (χ2v) is 6.39. The fourth-order valence-electron chi connectivity index (χ4n) is 3.75. The Labute approximate surface area is 76.9 Å². The Kier molecular flexibility index (Phi) is 1.29. The largest absolute Gasteiger partial charge is 0.0850 e. The minimum Gasteiger partial charge on any atom is -0.0850 e. The molecule has 0 aromatic carbocycles. The lowest BCUT2D eigenvalue weighted by Gasteiger charge is -2.57. The minimum absolute atomic E-state index is 0.616. The Morgan fingerprint density at radius 1 is 1.09 bits per heavy atom. The summed E-state index contributed by atoms with van der Waals surface area (Å²) in [5.41, 5.74) is 0. The van der Waals surface area contributed by atoms with Crippen LogP contribution in [-0.2, 0) is 0 Å². The van der Waals surface area contributed by atoms with Crippen molar-refractivity contribution in [3.63, 3.8) is 0 Å². The van der Waals surface area contributed by atoms with E-state index in [-0.39, 0.29) is 0 Å². The first-order chi connectivity index (χ1) is 5.28. The van der Waals surface area contributed by atoms with Gasteiger partial charge in [-0.1, -0.05) is 15.9 Å². The lowest BCUT2D eigenvalue weighted by atomic mass is 9.53. The molecule has 11 heavy (non-hydrogen) atoms. The van der Waals surface area contributed by atoms with Crippen molar-refractivity contribution in [3.8, 4) is 0 Å². The molecule has 5 rings (SSSR count). The summed E-state index contributed by atoms with van der Waals surface area (Å²) in [6.07, 6.45) is 9.11. The number of halogens is 1. The average Bonchev–Trinajstić information content (AvgIpc) is 2.03. The zero-order chi connectivity index (χ0) is 7.47. The molecule has 4 bridgehead atoms. The number of hydrogen-bond donors (Lipinski definition) is 0. The molecule has 0 aromatic rings. The van der Waals surface area contributed by atoms with Crippen LogP contribution in [0.5, 0.6) is 0 Å². The summed E-state index contributed by atoms with van der Waals surface area (Å²) in [6, 6.07) is 0. The number of alkyl halides is 1. The molecule has 0 amide bonds. The van der Waals surface area contributed by atoms with Crippen molar-refractivity contribution in [2.75, 3.05) is 0 Å². The van der Waals surface area contributed by atoms with Crippen LogP contribution in [0.1, 0.15) is 38.5 Å². The highest BCUT2D eigenvalue weighted by molar-refractivity contribution is 9.10. The number of rotatable bonds is 0. The van der Waals surface area contributed by atoms with Gasteiger partial charge in [-0.2, -0.15) is 0 Å². The van der Waals surface area contributed by atoms with Crippen LogP contribution in [-0.4, -0.2) is 4.32 Å². The zero-order valence-corrected chi connectivity index (χ0v) is 8.44. The molecule has 0 aliphatic heterocycles. The molecule has 5 aliphatic carbocycles. The van der Waals surface area contributed by atoms with Gasteiger partial charge in [0.15, 0.2) is 0 Å². The van der Waals surface area contributed by atoms with Crippen LogP contribution in [0.25, 0.3) is 0 Å². The molecule has 5 fully saturated rings. The Hall–Kier alpha value is 0.480. The second-order valence-electron chi connectivity index (χ2n) is 4.81. The summed E-state index contributed by atoms with van der Waals surface area (Å²) in [5, 5.41) is 0. The highest BCUT2D eigenvalue weighted by atomic mass is 79.9. The van der Waals surface area contributed by atoms with Crippen molar-refractivity contribution in [2.24, 2.45) is 17.8 Å². The van der Waals surface area contributed by atoms with Gasteiger partial charge in [-0.3, -0.25) is 0 Å². The predicted molar refractivity (Wildman–Crippen MR) is 49.8 cm³/mol. The first kappa shape index (κ1) is 6.94. The minimum atomic E-state index is 0.616. The Morgan fingerprint density at radius 2 is 2.00 bits per heavy atom. The van der Waals surface area contributed by atoms with E-state index in [1.165, 1.54) is 25.7 Å². The van der Waals surface area contributed by atoms with Gasteiger partial charge >= 0.3 is 0 Å². The van der Waals surface area contributed by atoms with Gasteiger partial charge in [-0.25, -0.2) is 0 Å².